The third-order valence-electron chi connectivity index (χ3n) is 1.97. The molecular weight excluding hydrogens is 220 g/mol. The predicted molar refractivity (Wildman–Crippen MR) is 64.3 cm³/mol. The van der Waals surface area contributed by atoms with E-state index < -0.39 is 5.97 Å². The van der Waals surface area contributed by atoms with E-state index in [1.54, 1.807) is 44.2 Å². The Morgan fingerprint density at radius 2 is 1.76 bits per heavy atom. The van der Waals surface area contributed by atoms with Crippen LogP contribution in [0.25, 0.3) is 6.08 Å². The van der Waals surface area contributed by atoms with Crippen molar-refractivity contribution in [3.63, 3.8) is 0 Å². The number of phenols is 1. The van der Waals surface area contributed by atoms with Crippen molar-refractivity contribution in [2.45, 2.75) is 13.8 Å². The van der Waals surface area contributed by atoms with Crippen LogP contribution < -0.4 is 0 Å². The molecule has 0 amide bonds. The first-order valence-corrected chi connectivity index (χ1v) is 5.48. The second kappa shape index (κ2) is 6.58. The monoisotopic (exact) mass is 236 g/mol. The first-order valence-electron chi connectivity index (χ1n) is 5.48. The summed E-state index contributed by atoms with van der Waals surface area (Å²) in [6.07, 6.45) is 1.58. The highest BCUT2D eigenvalue weighted by atomic mass is 16.6. The number of benzene rings is 1. The van der Waals surface area contributed by atoms with E-state index in [2.05, 4.69) is 0 Å². The lowest BCUT2D eigenvalue weighted by Gasteiger charge is -2.07. The van der Waals surface area contributed by atoms with Crippen molar-refractivity contribution in [1.82, 2.24) is 0 Å². The molecule has 0 radical (unpaired) electrons. The third-order valence-corrected chi connectivity index (χ3v) is 1.97. The van der Waals surface area contributed by atoms with Crippen molar-refractivity contribution in [2.75, 3.05) is 13.2 Å². The molecule has 0 unspecified atom stereocenters. The van der Waals surface area contributed by atoms with Gasteiger partial charge in [-0.1, -0.05) is 12.1 Å². The number of esters is 1. The molecule has 4 heteroatoms. The largest absolute Gasteiger partial charge is 0.508 e. The van der Waals surface area contributed by atoms with E-state index in [0.29, 0.717) is 13.2 Å². The summed E-state index contributed by atoms with van der Waals surface area (Å²) in [5.41, 5.74) is 0.763. The summed E-state index contributed by atoms with van der Waals surface area (Å²) in [7, 11) is 0. The van der Waals surface area contributed by atoms with E-state index in [-0.39, 0.29) is 11.5 Å². The van der Waals surface area contributed by atoms with Gasteiger partial charge in [0.25, 0.3) is 0 Å². The summed E-state index contributed by atoms with van der Waals surface area (Å²) in [5, 5.41) is 9.14. The molecule has 1 aromatic carbocycles. The van der Waals surface area contributed by atoms with E-state index in [4.69, 9.17) is 14.6 Å². The highest BCUT2D eigenvalue weighted by Gasteiger charge is 2.11. The molecule has 4 nitrogen and oxygen atoms in total. The van der Waals surface area contributed by atoms with Gasteiger partial charge in [0.2, 0.25) is 5.76 Å². The van der Waals surface area contributed by atoms with Gasteiger partial charge in [0.15, 0.2) is 0 Å². The number of phenolic OH excluding ortho intramolecular Hbond substituents is 1. The molecule has 0 aliphatic rings. The van der Waals surface area contributed by atoms with E-state index >= 15 is 0 Å². The first kappa shape index (κ1) is 13.1. The van der Waals surface area contributed by atoms with Gasteiger partial charge in [0.1, 0.15) is 5.75 Å². The third kappa shape index (κ3) is 4.18. The van der Waals surface area contributed by atoms with Crippen molar-refractivity contribution < 1.29 is 19.4 Å². The molecule has 0 aromatic heterocycles. The zero-order chi connectivity index (χ0) is 12.7. The molecule has 0 spiro atoms. The van der Waals surface area contributed by atoms with Crippen LogP contribution in [0, 0.1) is 0 Å². The lowest BCUT2D eigenvalue weighted by atomic mass is 10.2. The fourth-order valence-corrected chi connectivity index (χ4v) is 1.24. The van der Waals surface area contributed by atoms with Crippen LogP contribution in [-0.2, 0) is 14.3 Å². The molecule has 1 N–H and O–H groups in total. The fraction of sp³-hybridized carbons (Fsp3) is 0.308. The topological polar surface area (TPSA) is 55.8 Å². The van der Waals surface area contributed by atoms with E-state index in [1.165, 1.54) is 0 Å². The Labute approximate surface area is 100 Å². The Hall–Kier alpha value is -1.97. The summed E-state index contributed by atoms with van der Waals surface area (Å²) in [6, 6.07) is 6.46. The maximum absolute atomic E-state index is 11.5. The van der Waals surface area contributed by atoms with Crippen molar-refractivity contribution in [3.05, 3.63) is 35.6 Å². The van der Waals surface area contributed by atoms with E-state index in [0.717, 1.165) is 5.56 Å². The first-order chi connectivity index (χ1) is 8.17. The predicted octanol–water partition coefficient (Wildman–Crippen LogP) is 2.33. The SMILES string of the molecule is CCOC(=O)C(=Cc1ccc(O)cc1)OCC. The second-order valence-corrected chi connectivity index (χ2v) is 3.25. The Kier molecular flexibility index (Phi) is 5.07. The van der Waals surface area contributed by atoms with Crippen LogP contribution in [0.5, 0.6) is 5.75 Å². The number of carbonyl (C=O) groups is 1. The number of ether oxygens (including phenoxy) is 2. The van der Waals surface area contributed by atoms with Gasteiger partial charge >= 0.3 is 5.97 Å². The number of rotatable bonds is 5. The summed E-state index contributed by atoms with van der Waals surface area (Å²) < 4.78 is 10.1. The fourth-order valence-electron chi connectivity index (χ4n) is 1.24. The smallest absolute Gasteiger partial charge is 0.373 e. The van der Waals surface area contributed by atoms with Crippen LogP contribution in [-0.4, -0.2) is 24.3 Å². The Balaban J connectivity index is 2.89. The molecule has 1 aromatic rings. The van der Waals surface area contributed by atoms with Gasteiger partial charge in [0.05, 0.1) is 13.2 Å². The zero-order valence-electron chi connectivity index (χ0n) is 9.97. The van der Waals surface area contributed by atoms with Crippen LogP contribution in [0.3, 0.4) is 0 Å². The number of hydrogen-bond donors (Lipinski definition) is 1. The summed E-state index contributed by atoms with van der Waals surface area (Å²) in [4.78, 5) is 11.5. The number of hydrogen-bond acceptors (Lipinski definition) is 4. The molecule has 1 rings (SSSR count). The molecule has 0 saturated carbocycles. The highest BCUT2D eigenvalue weighted by Crippen LogP contribution is 2.14. The summed E-state index contributed by atoms with van der Waals surface area (Å²) in [6.45, 7) is 4.23. The van der Waals surface area contributed by atoms with E-state index in [9.17, 15) is 4.79 Å². The van der Waals surface area contributed by atoms with Crippen LogP contribution in [0.15, 0.2) is 30.0 Å². The van der Waals surface area contributed by atoms with Crippen molar-refractivity contribution in [3.8, 4) is 5.75 Å². The molecule has 0 heterocycles. The Bertz CT molecular complexity index is 392. The lowest BCUT2D eigenvalue weighted by Crippen LogP contribution is -2.10. The lowest BCUT2D eigenvalue weighted by molar-refractivity contribution is -0.142. The van der Waals surface area contributed by atoms with Crippen LogP contribution in [0.2, 0.25) is 0 Å². The van der Waals surface area contributed by atoms with Gasteiger partial charge in [-0.05, 0) is 37.6 Å². The van der Waals surface area contributed by atoms with Gasteiger partial charge in [-0.2, -0.15) is 0 Å². The van der Waals surface area contributed by atoms with Crippen LogP contribution in [0.4, 0.5) is 0 Å². The molecule has 92 valence electrons. The molecule has 0 saturated heterocycles. The standard InChI is InChI=1S/C13H16O4/c1-3-16-12(13(15)17-4-2)9-10-5-7-11(14)8-6-10/h5-9,14H,3-4H2,1-2H3. The molecule has 0 aliphatic heterocycles. The minimum atomic E-state index is -0.484. The molecular formula is C13H16O4. The molecule has 0 bridgehead atoms. The average molecular weight is 236 g/mol. The quantitative estimate of drug-likeness (QED) is 0.484. The Morgan fingerprint density at radius 1 is 1.18 bits per heavy atom. The van der Waals surface area contributed by atoms with Crippen molar-refractivity contribution in [2.24, 2.45) is 0 Å². The zero-order valence-corrected chi connectivity index (χ0v) is 9.97. The van der Waals surface area contributed by atoms with Gasteiger partial charge in [-0.15, -0.1) is 0 Å². The molecule has 0 aliphatic carbocycles. The molecule has 0 atom stereocenters. The van der Waals surface area contributed by atoms with Crippen LogP contribution >= 0.6 is 0 Å². The molecule has 17 heavy (non-hydrogen) atoms. The summed E-state index contributed by atoms with van der Waals surface area (Å²) >= 11 is 0. The number of carbonyl (C=O) groups excluding carboxylic acids is 1. The van der Waals surface area contributed by atoms with Gasteiger partial charge < -0.3 is 14.6 Å². The minimum absolute atomic E-state index is 0.167. The normalized spacial score (nSPS) is 11.1. The second-order valence-electron chi connectivity index (χ2n) is 3.25. The maximum Gasteiger partial charge on any atom is 0.373 e. The average Bonchev–Trinajstić information content (AvgIpc) is 2.31. The van der Waals surface area contributed by atoms with Crippen LogP contribution in [0.1, 0.15) is 19.4 Å². The maximum atomic E-state index is 11.5. The summed E-state index contributed by atoms with van der Waals surface area (Å²) in [5.74, 6) is -0.140. The Morgan fingerprint density at radius 3 is 2.29 bits per heavy atom. The highest BCUT2D eigenvalue weighted by molar-refractivity contribution is 5.91. The van der Waals surface area contributed by atoms with Crippen molar-refractivity contribution >= 4 is 12.0 Å². The van der Waals surface area contributed by atoms with Gasteiger partial charge in [-0.3, -0.25) is 0 Å². The van der Waals surface area contributed by atoms with Crippen molar-refractivity contribution in [1.29, 1.82) is 0 Å². The minimum Gasteiger partial charge on any atom is -0.508 e. The van der Waals surface area contributed by atoms with Gasteiger partial charge in [-0.25, -0.2) is 4.79 Å². The van der Waals surface area contributed by atoms with E-state index in [1.807, 2.05) is 0 Å². The molecule has 0 fully saturated rings. The van der Waals surface area contributed by atoms with Gasteiger partial charge in [0, 0.05) is 0 Å². The number of aromatic hydroxyl groups is 1.